The van der Waals surface area contributed by atoms with Crippen LogP contribution in [0.4, 0.5) is 0 Å². The lowest BCUT2D eigenvalue weighted by molar-refractivity contribution is -0.0115. The summed E-state index contributed by atoms with van der Waals surface area (Å²) in [6.45, 7) is 2.14. The van der Waals surface area contributed by atoms with E-state index >= 15 is 0 Å². The molecule has 2 fully saturated rings. The molecule has 82 valence electrons. The summed E-state index contributed by atoms with van der Waals surface area (Å²) in [6, 6.07) is 0.583. The second-order valence-electron chi connectivity index (χ2n) is 5.06. The maximum atomic E-state index is 10.2. The third-order valence-electron chi connectivity index (χ3n) is 4.20. The van der Waals surface area contributed by atoms with Crippen LogP contribution in [0.25, 0.3) is 0 Å². The molecule has 2 unspecified atom stereocenters. The maximum Gasteiger partial charge on any atom is 0.0612 e. The average Bonchev–Trinajstić information content (AvgIpc) is 2.46. The zero-order valence-electron chi connectivity index (χ0n) is 9.29. The van der Waals surface area contributed by atoms with Crippen molar-refractivity contribution in [2.75, 3.05) is 27.2 Å². The zero-order chi connectivity index (χ0) is 10.2. The number of hydrogen-bond donors (Lipinski definition) is 2. The summed E-state index contributed by atoms with van der Waals surface area (Å²) in [5, 5.41) is 13.6. The van der Waals surface area contributed by atoms with Crippen molar-refractivity contribution in [2.24, 2.45) is 5.41 Å². The van der Waals surface area contributed by atoms with Crippen LogP contribution in [0.3, 0.4) is 0 Å². The number of nitrogens with zero attached hydrogens (tertiary/aromatic N) is 1. The van der Waals surface area contributed by atoms with E-state index in [-0.39, 0.29) is 11.5 Å². The number of aliphatic hydroxyl groups is 1. The summed E-state index contributed by atoms with van der Waals surface area (Å²) in [4.78, 5) is 2.31. The SMILES string of the molecule is CN(C)C1CCC(O)C12CCNCC2. The number of rotatable bonds is 1. The lowest BCUT2D eigenvalue weighted by Gasteiger charge is -2.44. The molecule has 14 heavy (non-hydrogen) atoms. The molecule has 0 bridgehead atoms. The molecule has 1 aliphatic carbocycles. The van der Waals surface area contributed by atoms with Crippen molar-refractivity contribution in [1.29, 1.82) is 0 Å². The van der Waals surface area contributed by atoms with Crippen molar-refractivity contribution in [3.63, 3.8) is 0 Å². The lowest BCUT2D eigenvalue weighted by Crippen LogP contribution is -2.51. The third-order valence-corrected chi connectivity index (χ3v) is 4.20. The first-order chi connectivity index (χ1) is 6.67. The van der Waals surface area contributed by atoms with Gasteiger partial charge in [0.05, 0.1) is 6.10 Å². The summed E-state index contributed by atoms with van der Waals surface area (Å²) < 4.78 is 0. The van der Waals surface area contributed by atoms with Gasteiger partial charge in [-0.3, -0.25) is 0 Å². The molecule has 2 rings (SSSR count). The highest BCUT2D eigenvalue weighted by Crippen LogP contribution is 2.47. The summed E-state index contributed by atoms with van der Waals surface area (Å²) in [7, 11) is 4.29. The minimum Gasteiger partial charge on any atom is -0.392 e. The summed E-state index contributed by atoms with van der Waals surface area (Å²) >= 11 is 0. The normalized spacial score (nSPS) is 36.9. The second-order valence-corrected chi connectivity index (χ2v) is 5.06. The van der Waals surface area contributed by atoms with E-state index in [9.17, 15) is 5.11 Å². The standard InChI is InChI=1S/C11H22N2O/c1-13(2)9-3-4-10(14)11(9)5-7-12-8-6-11/h9-10,12,14H,3-8H2,1-2H3. The van der Waals surface area contributed by atoms with E-state index in [1.807, 2.05) is 0 Å². The Morgan fingerprint density at radius 1 is 1.21 bits per heavy atom. The Morgan fingerprint density at radius 3 is 2.43 bits per heavy atom. The monoisotopic (exact) mass is 198 g/mol. The summed E-state index contributed by atoms with van der Waals surface area (Å²) in [5.41, 5.74) is 0.189. The van der Waals surface area contributed by atoms with Crippen LogP contribution in [0.2, 0.25) is 0 Å². The highest BCUT2D eigenvalue weighted by atomic mass is 16.3. The maximum absolute atomic E-state index is 10.2. The van der Waals surface area contributed by atoms with E-state index in [1.165, 1.54) is 0 Å². The molecule has 0 aromatic carbocycles. The van der Waals surface area contributed by atoms with E-state index in [4.69, 9.17) is 0 Å². The highest BCUT2D eigenvalue weighted by molar-refractivity contribution is 5.04. The van der Waals surface area contributed by atoms with Gasteiger partial charge in [0.1, 0.15) is 0 Å². The number of aliphatic hydroxyl groups excluding tert-OH is 1. The smallest absolute Gasteiger partial charge is 0.0612 e. The van der Waals surface area contributed by atoms with Gasteiger partial charge in [0.25, 0.3) is 0 Å². The van der Waals surface area contributed by atoms with Crippen LogP contribution in [0, 0.1) is 5.41 Å². The van der Waals surface area contributed by atoms with Crippen LogP contribution < -0.4 is 5.32 Å². The first-order valence-corrected chi connectivity index (χ1v) is 5.72. The van der Waals surface area contributed by atoms with Gasteiger partial charge in [0.2, 0.25) is 0 Å². The Hall–Kier alpha value is -0.120. The van der Waals surface area contributed by atoms with Crippen LogP contribution in [-0.4, -0.2) is 49.3 Å². The molecule has 2 atom stereocenters. The fourth-order valence-corrected chi connectivity index (χ4v) is 3.44. The first kappa shape index (κ1) is 10.4. The molecule has 1 spiro atoms. The van der Waals surface area contributed by atoms with E-state index in [1.54, 1.807) is 0 Å². The van der Waals surface area contributed by atoms with Gasteiger partial charge in [-0.05, 0) is 52.9 Å². The molecule has 0 radical (unpaired) electrons. The van der Waals surface area contributed by atoms with Crippen LogP contribution in [-0.2, 0) is 0 Å². The van der Waals surface area contributed by atoms with Crippen LogP contribution in [0.1, 0.15) is 25.7 Å². The topological polar surface area (TPSA) is 35.5 Å². The molecule has 0 aromatic heterocycles. The Balaban J connectivity index is 2.18. The molecule has 2 aliphatic rings. The summed E-state index contributed by atoms with van der Waals surface area (Å²) in [6.07, 6.45) is 4.35. The van der Waals surface area contributed by atoms with E-state index < -0.39 is 0 Å². The first-order valence-electron chi connectivity index (χ1n) is 5.72. The molecular weight excluding hydrogens is 176 g/mol. The molecule has 1 heterocycles. The molecule has 2 N–H and O–H groups in total. The predicted molar refractivity (Wildman–Crippen MR) is 57.3 cm³/mol. The van der Waals surface area contributed by atoms with Crippen molar-refractivity contribution < 1.29 is 5.11 Å². The number of nitrogens with one attached hydrogen (secondary N) is 1. The molecule has 0 amide bonds. The Morgan fingerprint density at radius 2 is 1.86 bits per heavy atom. The van der Waals surface area contributed by atoms with Crippen molar-refractivity contribution in [3.8, 4) is 0 Å². The fraction of sp³-hybridized carbons (Fsp3) is 1.00. The minimum absolute atomic E-state index is 0.0722. The van der Waals surface area contributed by atoms with Gasteiger partial charge < -0.3 is 15.3 Å². The molecular formula is C11H22N2O. The molecule has 0 aromatic rings. The summed E-state index contributed by atoms with van der Waals surface area (Å²) in [5.74, 6) is 0. The van der Waals surface area contributed by atoms with Crippen molar-refractivity contribution in [3.05, 3.63) is 0 Å². The van der Waals surface area contributed by atoms with Crippen molar-refractivity contribution in [1.82, 2.24) is 10.2 Å². The van der Waals surface area contributed by atoms with Gasteiger partial charge in [0, 0.05) is 11.5 Å². The number of hydrogen-bond acceptors (Lipinski definition) is 3. The Kier molecular flexibility index (Phi) is 2.82. The van der Waals surface area contributed by atoms with Gasteiger partial charge >= 0.3 is 0 Å². The van der Waals surface area contributed by atoms with Crippen LogP contribution in [0.5, 0.6) is 0 Å². The molecule has 3 nitrogen and oxygen atoms in total. The number of piperidine rings is 1. The third kappa shape index (κ3) is 1.47. The largest absolute Gasteiger partial charge is 0.392 e. The quantitative estimate of drug-likeness (QED) is 0.642. The molecule has 3 heteroatoms. The molecule has 1 saturated heterocycles. The lowest BCUT2D eigenvalue weighted by atomic mass is 9.72. The van der Waals surface area contributed by atoms with Crippen molar-refractivity contribution in [2.45, 2.75) is 37.8 Å². The van der Waals surface area contributed by atoms with Gasteiger partial charge in [0.15, 0.2) is 0 Å². The van der Waals surface area contributed by atoms with Crippen molar-refractivity contribution >= 4 is 0 Å². The zero-order valence-corrected chi connectivity index (χ0v) is 9.29. The predicted octanol–water partition coefficient (Wildman–Crippen LogP) is 0.441. The van der Waals surface area contributed by atoms with Crippen LogP contribution in [0.15, 0.2) is 0 Å². The molecule has 1 saturated carbocycles. The second kappa shape index (κ2) is 3.80. The van der Waals surface area contributed by atoms with Gasteiger partial charge in [-0.25, -0.2) is 0 Å². The highest BCUT2D eigenvalue weighted by Gasteiger charge is 2.50. The van der Waals surface area contributed by atoms with Gasteiger partial charge in [-0.2, -0.15) is 0 Å². The van der Waals surface area contributed by atoms with Gasteiger partial charge in [-0.15, -0.1) is 0 Å². The van der Waals surface area contributed by atoms with E-state index in [2.05, 4.69) is 24.3 Å². The minimum atomic E-state index is -0.0722. The Bertz CT molecular complexity index is 199. The molecule has 1 aliphatic heterocycles. The van der Waals surface area contributed by atoms with E-state index in [0.29, 0.717) is 6.04 Å². The van der Waals surface area contributed by atoms with Crippen LogP contribution >= 0.6 is 0 Å². The van der Waals surface area contributed by atoms with Gasteiger partial charge in [-0.1, -0.05) is 0 Å². The Labute approximate surface area is 86.5 Å². The van der Waals surface area contributed by atoms with E-state index in [0.717, 1.165) is 38.8 Å². The average molecular weight is 198 g/mol. The fourth-order valence-electron chi connectivity index (χ4n) is 3.44.